The first kappa shape index (κ1) is 20.4. The van der Waals surface area contributed by atoms with Gasteiger partial charge in [-0.15, -0.1) is 4.72 Å². The maximum Gasteiger partial charge on any atom is 0.258 e. The molecule has 1 amide bonds. The number of rotatable bonds is 4. The standard InChI is InChI=1S/C22H25N3O2S/c1-15(24-28(27)22(2,3)4)17-8-9-20-18(13-17)10-11-25(20)21(26)19-7-5-6-16(12-19)14-23/h5-9,12-13,15,24H,10-11H2,1-4H3/t15?,28-/m1/s1. The van der Waals surface area contributed by atoms with E-state index in [1.54, 1.807) is 29.2 Å². The predicted octanol–water partition coefficient (Wildman–Crippen LogP) is 3.87. The number of carbonyl (C=O) groups excluding carboxylic acids is 1. The van der Waals surface area contributed by atoms with E-state index in [1.165, 1.54) is 0 Å². The number of anilines is 1. The Kier molecular flexibility index (Phi) is 5.80. The fraction of sp³-hybridized carbons (Fsp3) is 0.364. The summed E-state index contributed by atoms with van der Waals surface area (Å²) in [5, 5.41) is 9.06. The first-order valence-corrected chi connectivity index (χ1v) is 10.5. The van der Waals surface area contributed by atoms with Gasteiger partial charge >= 0.3 is 0 Å². The third-order valence-corrected chi connectivity index (χ3v) is 6.50. The lowest BCUT2D eigenvalue weighted by atomic mass is 10.0. The molecule has 0 spiro atoms. The molecule has 0 aromatic heterocycles. The van der Waals surface area contributed by atoms with Gasteiger partial charge in [-0.25, -0.2) is 0 Å². The number of hydrogen-bond acceptors (Lipinski definition) is 4. The Morgan fingerprint density at radius 3 is 2.71 bits per heavy atom. The first-order chi connectivity index (χ1) is 13.2. The number of nitrogens with one attached hydrogen (secondary N) is 1. The van der Waals surface area contributed by atoms with Gasteiger partial charge < -0.3 is 9.45 Å². The molecule has 0 radical (unpaired) electrons. The van der Waals surface area contributed by atoms with Crippen molar-refractivity contribution in [2.24, 2.45) is 0 Å². The molecule has 0 fully saturated rings. The van der Waals surface area contributed by atoms with Gasteiger partial charge in [0.1, 0.15) is 4.75 Å². The zero-order valence-electron chi connectivity index (χ0n) is 16.7. The van der Waals surface area contributed by atoms with Crippen molar-refractivity contribution < 1.29 is 9.35 Å². The smallest absolute Gasteiger partial charge is 0.258 e. The molecule has 1 aliphatic rings. The molecule has 2 atom stereocenters. The highest BCUT2D eigenvalue weighted by Crippen LogP contribution is 2.32. The van der Waals surface area contributed by atoms with Crippen LogP contribution < -0.4 is 9.62 Å². The van der Waals surface area contributed by atoms with Crippen molar-refractivity contribution in [3.8, 4) is 6.07 Å². The lowest BCUT2D eigenvalue weighted by Crippen LogP contribution is -2.40. The largest absolute Gasteiger partial charge is 0.598 e. The van der Waals surface area contributed by atoms with Gasteiger partial charge in [-0.2, -0.15) is 5.26 Å². The maximum absolute atomic E-state index is 12.9. The number of hydrogen-bond donors (Lipinski definition) is 1. The molecule has 146 valence electrons. The quantitative estimate of drug-likeness (QED) is 0.797. The van der Waals surface area contributed by atoms with Gasteiger partial charge in [-0.05, 0) is 69.5 Å². The minimum absolute atomic E-state index is 0.0533. The molecule has 1 heterocycles. The Balaban J connectivity index is 1.79. The van der Waals surface area contributed by atoms with E-state index in [1.807, 2.05) is 39.8 Å². The number of amides is 1. The summed E-state index contributed by atoms with van der Waals surface area (Å²) in [4.78, 5) is 14.7. The fourth-order valence-corrected chi connectivity index (χ4v) is 4.00. The second-order valence-corrected chi connectivity index (χ2v) is 10.0. The molecule has 3 rings (SSSR count). The average Bonchev–Trinajstić information content (AvgIpc) is 3.09. The molecule has 0 saturated carbocycles. The molecule has 5 nitrogen and oxygen atoms in total. The van der Waals surface area contributed by atoms with Crippen LogP contribution in [0.1, 0.15) is 60.8 Å². The third-order valence-electron chi connectivity index (χ3n) is 4.82. The van der Waals surface area contributed by atoms with E-state index in [-0.39, 0.29) is 16.7 Å². The normalized spacial score (nSPS) is 15.6. The molecule has 28 heavy (non-hydrogen) atoms. The summed E-state index contributed by atoms with van der Waals surface area (Å²) in [5.74, 6) is -0.0939. The molecule has 0 saturated heterocycles. The second-order valence-electron chi connectivity index (χ2n) is 8.01. The predicted molar refractivity (Wildman–Crippen MR) is 112 cm³/mol. The summed E-state index contributed by atoms with van der Waals surface area (Å²) in [5.41, 5.74) is 4.06. The van der Waals surface area contributed by atoms with E-state index in [0.717, 1.165) is 23.2 Å². The van der Waals surface area contributed by atoms with Gasteiger partial charge in [0.05, 0.1) is 17.7 Å². The van der Waals surface area contributed by atoms with Crippen LogP contribution in [-0.2, 0) is 17.8 Å². The van der Waals surface area contributed by atoms with Gasteiger partial charge in [-0.1, -0.05) is 18.2 Å². The monoisotopic (exact) mass is 395 g/mol. The maximum atomic E-state index is 12.9. The highest BCUT2D eigenvalue weighted by Gasteiger charge is 2.30. The first-order valence-electron chi connectivity index (χ1n) is 9.33. The highest BCUT2D eigenvalue weighted by molar-refractivity contribution is 7.90. The van der Waals surface area contributed by atoms with E-state index in [9.17, 15) is 9.35 Å². The molecule has 1 N–H and O–H groups in total. The van der Waals surface area contributed by atoms with Gasteiger partial charge in [0, 0.05) is 29.2 Å². The van der Waals surface area contributed by atoms with Crippen molar-refractivity contribution in [1.29, 1.82) is 5.26 Å². The van der Waals surface area contributed by atoms with Gasteiger partial charge in [0.15, 0.2) is 0 Å². The second kappa shape index (κ2) is 7.96. The molecule has 1 aliphatic heterocycles. The van der Waals surface area contributed by atoms with E-state index < -0.39 is 11.4 Å². The topological polar surface area (TPSA) is 79.2 Å². The van der Waals surface area contributed by atoms with Crippen molar-refractivity contribution in [3.05, 3.63) is 64.7 Å². The van der Waals surface area contributed by atoms with Crippen molar-refractivity contribution in [1.82, 2.24) is 4.72 Å². The van der Waals surface area contributed by atoms with E-state index in [0.29, 0.717) is 17.7 Å². The summed E-state index contributed by atoms with van der Waals surface area (Å²) >= 11 is -1.15. The van der Waals surface area contributed by atoms with Crippen LogP contribution in [0.25, 0.3) is 0 Å². The Labute approximate surface area is 169 Å². The highest BCUT2D eigenvalue weighted by atomic mass is 32.2. The van der Waals surface area contributed by atoms with Crippen LogP contribution in [0.4, 0.5) is 5.69 Å². The number of benzene rings is 2. The van der Waals surface area contributed by atoms with Crippen LogP contribution in [0, 0.1) is 11.3 Å². The fourth-order valence-electron chi connectivity index (χ4n) is 3.18. The molecule has 0 aliphatic carbocycles. The summed E-state index contributed by atoms with van der Waals surface area (Å²) in [6, 6.07) is 14.8. The zero-order chi connectivity index (χ0) is 20.5. The van der Waals surface area contributed by atoms with Crippen molar-refractivity contribution >= 4 is 23.0 Å². The molecule has 2 aromatic carbocycles. The van der Waals surface area contributed by atoms with E-state index in [4.69, 9.17) is 5.26 Å². The number of carbonyl (C=O) groups is 1. The van der Waals surface area contributed by atoms with Crippen molar-refractivity contribution in [2.75, 3.05) is 11.4 Å². The minimum atomic E-state index is -1.15. The Morgan fingerprint density at radius 1 is 1.29 bits per heavy atom. The average molecular weight is 396 g/mol. The number of nitrogens with zero attached hydrogens (tertiary/aromatic N) is 2. The summed E-state index contributed by atoms with van der Waals surface area (Å²) in [7, 11) is 0. The molecule has 0 bridgehead atoms. The van der Waals surface area contributed by atoms with Crippen LogP contribution in [0.3, 0.4) is 0 Å². The summed E-state index contributed by atoms with van der Waals surface area (Å²) in [6.07, 6.45) is 0.780. The van der Waals surface area contributed by atoms with Crippen LogP contribution in [0.5, 0.6) is 0 Å². The Morgan fingerprint density at radius 2 is 2.04 bits per heavy atom. The van der Waals surface area contributed by atoms with E-state index >= 15 is 0 Å². The SMILES string of the molecule is CC(N[S@+]([O-])C(C)(C)C)c1ccc2c(c1)CCN2C(=O)c1cccc(C#N)c1. The molecule has 2 aromatic rings. The lowest BCUT2D eigenvalue weighted by Gasteiger charge is -2.27. The van der Waals surface area contributed by atoms with Gasteiger partial charge in [0.25, 0.3) is 5.91 Å². The molecular weight excluding hydrogens is 370 g/mol. The molecule has 1 unspecified atom stereocenters. The lowest BCUT2D eigenvalue weighted by molar-refractivity contribution is 0.0989. The Hall–Kier alpha value is -2.33. The third kappa shape index (κ3) is 4.22. The van der Waals surface area contributed by atoms with Crippen LogP contribution in [0.15, 0.2) is 42.5 Å². The molecule has 6 heteroatoms. The Bertz CT molecular complexity index is 930. The van der Waals surface area contributed by atoms with Crippen LogP contribution in [0.2, 0.25) is 0 Å². The van der Waals surface area contributed by atoms with E-state index in [2.05, 4.69) is 16.9 Å². The van der Waals surface area contributed by atoms with Crippen LogP contribution in [-0.4, -0.2) is 21.8 Å². The summed E-state index contributed by atoms with van der Waals surface area (Å²) < 4.78 is 15.2. The van der Waals surface area contributed by atoms with Crippen molar-refractivity contribution in [2.45, 2.75) is 44.9 Å². The van der Waals surface area contributed by atoms with Gasteiger partial charge in [-0.3, -0.25) is 4.79 Å². The zero-order valence-corrected chi connectivity index (χ0v) is 17.5. The van der Waals surface area contributed by atoms with Crippen molar-refractivity contribution in [3.63, 3.8) is 0 Å². The van der Waals surface area contributed by atoms with Crippen LogP contribution >= 0.6 is 0 Å². The molecular formula is C22H25N3O2S. The minimum Gasteiger partial charge on any atom is -0.598 e. The number of nitriles is 1. The number of fused-ring (bicyclic) bond motifs is 1. The summed E-state index contributed by atoms with van der Waals surface area (Å²) in [6.45, 7) is 8.43. The van der Waals surface area contributed by atoms with Gasteiger partial charge in [0.2, 0.25) is 0 Å².